The molecular weight excluding hydrogens is 386 g/mol. The number of aryl methyl sites for hydroxylation is 1. The van der Waals surface area contributed by atoms with Gasteiger partial charge < -0.3 is 15.4 Å². The summed E-state index contributed by atoms with van der Waals surface area (Å²) < 4.78 is 5.91. The summed E-state index contributed by atoms with van der Waals surface area (Å²) in [5, 5.41) is 6.68. The maximum atomic E-state index is 5.91. The minimum atomic E-state index is 0.569. The topological polar surface area (TPSA) is 62.3 Å². The molecule has 31 heavy (non-hydrogen) atoms. The second-order valence-corrected chi connectivity index (χ2v) is 7.96. The molecule has 1 aromatic heterocycles. The number of aromatic nitrogens is 2. The first-order valence-corrected chi connectivity index (χ1v) is 11.1. The largest absolute Gasteiger partial charge is 0.492 e. The normalized spacial score (nSPS) is 14.2. The Morgan fingerprint density at radius 2 is 1.74 bits per heavy atom. The summed E-state index contributed by atoms with van der Waals surface area (Å²) >= 11 is 0. The molecule has 2 N–H and O–H groups in total. The molecule has 162 valence electrons. The lowest BCUT2D eigenvalue weighted by Crippen LogP contribution is -2.33. The fourth-order valence-corrected chi connectivity index (χ4v) is 3.70. The Hall–Kier alpha value is -3.12. The molecule has 1 aliphatic rings. The van der Waals surface area contributed by atoms with Gasteiger partial charge in [0.05, 0.1) is 0 Å². The standard InChI is InChI=1S/C25H31N5O/c1-20-18-27-25(29-24(20)26-19-21-8-4-2-5-9-21)28-22-10-12-23(13-11-22)31-17-16-30-14-6-3-7-15-30/h2,4-5,8-13,18H,3,6-7,14-17,19H2,1H3,(H2,26,27,28,29). The Kier molecular flexibility index (Phi) is 7.34. The van der Waals surface area contributed by atoms with Gasteiger partial charge in [-0.05, 0) is 62.7 Å². The van der Waals surface area contributed by atoms with Crippen LogP contribution in [0.2, 0.25) is 0 Å². The molecule has 0 radical (unpaired) electrons. The molecule has 0 bridgehead atoms. The summed E-state index contributed by atoms with van der Waals surface area (Å²) in [5.74, 6) is 2.29. The van der Waals surface area contributed by atoms with Crippen LogP contribution >= 0.6 is 0 Å². The summed E-state index contributed by atoms with van der Waals surface area (Å²) in [5.41, 5.74) is 3.16. The van der Waals surface area contributed by atoms with Crippen LogP contribution in [0.4, 0.5) is 17.5 Å². The van der Waals surface area contributed by atoms with Gasteiger partial charge in [-0.2, -0.15) is 4.98 Å². The summed E-state index contributed by atoms with van der Waals surface area (Å²) in [7, 11) is 0. The van der Waals surface area contributed by atoms with Crippen molar-refractivity contribution in [2.24, 2.45) is 0 Å². The van der Waals surface area contributed by atoms with Gasteiger partial charge >= 0.3 is 0 Å². The van der Waals surface area contributed by atoms with Crippen molar-refractivity contribution in [3.63, 3.8) is 0 Å². The van der Waals surface area contributed by atoms with Crippen molar-refractivity contribution < 1.29 is 4.74 Å². The van der Waals surface area contributed by atoms with Crippen LogP contribution in [-0.2, 0) is 6.54 Å². The van der Waals surface area contributed by atoms with Gasteiger partial charge in [-0.1, -0.05) is 36.8 Å². The van der Waals surface area contributed by atoms with Crippen molar-refractivity contribution in [1.29, 1.82) is 0 Å². The Morgan fingerprint density at radius 3 is 2.52 bits per heavy atom. The summed E-state index contributed by atoms with van der Waals surface area (Å²) in [4.78, 5) is 11.5. The average Bonchev–Trinajstić information content (AvgIpc) is 2.82. The summed E-state index contributed by atoms with van der Waals surface area (Å²) in [6, 6.07) is 18.3. The molecule has 1 fully saturated rings. The van der Waals surface area contributed by atoms with E-state index in [0.717, 1.165) is 42.5 Å². The van der Waals surface area contributed by atoms with Crippen molar-refractivity contribution in [2.45, 2.75) is 32.7 Å². The van der Waals surface area contributed by atoms with Crippen LogP contribution in [0.3, 0.4) is 0 Å². The molecule has 2 heterocycles. The van der Waals surface area contributed by atoms with Crippen molar-refractivity contribution >= 4 is 17.5 Å². The van der Waals surface area contributed by atoms with E-state index in [9.17, 15) is 0 Å². The zero-order chi connectivity index (χ0) is 21.3. The number of hydrogen-bond acceptors (Lipinski definition) is 6. The number of benzene rings is 2. The zero-order valence-corrected chi connectivity index (χ0v) is 18.2. The zero-order valence-electron chi connectivity index (χ0n) is 18.2. The summed E-state index contributed by atoms with van der Waals surface area (Å²) in [6.45, 7) is 6.85. The van der Waals surface area contributed by atoms with E-state index in [4.69, 9.17) is 4.74 Å². The van der Waals surface area contributed by atoms with Crippen LogP contribution in [0, 0.1) is 6.92 Å². The minimum absolute atomic E-state index is 0.569. The second-order valence-electron chi connectivity index (χ2n) is 7.96. The maximum absolute atomic E-state index is 5.91. The molecule has 4 rings (SSSR count). The fraction of sp³-hybridized carbons (Fsp3) is 0.360. The van der Waals surface area contributed by atoms with Crippen LogP contribution in [0.5, 0.6) is 5.75 Å². The fourth-order valence-electron chi connectivity index (χ4n) is 3.70. The SMILES string of the molecule is Cc1cnc(Nc2ccc(OCCN3CCCCC3)cc2)nc1NCc1ccccc1. The molecule has 0 spiro atoms. The van der Waals surface area contributed by atoms with Gasteiger partial charge in [-0.3, -0.25) is 4.90 Å². The number of nitrogens with zero attached hydrogens (tertiary/aromatic N) is 3. The van der Waals surface area contributed by atoms with Crippen molar-refractivity contribution in [1.82, 2.24) is 14.9 Å². The highest BCUT2D eigenvalue weighted by Gasteiger charge is 2.09. The summed E-state index contributed by atoms with van der Waals surface area (Å²) in [6.07, 6.45) is 5.82. The Balaban J connectivity index is 1.29. The monoisotopic (exact) mass is 417 g/mol. The highest BCUT2D eigenvalue weighted by molar-refractivity contribution is 5.57. The highest BCUT2D eigenvalue weighted by Crippen LogP contribution is 2.20. The number of rotatable bonds is 9. The highest BCUT2D eigenvalue weighted by atomic mass is 16.5. The smallest absolute Gasteiger partial charge is 0.229 e. The van der Waals surface area contributed by atoms with Crippen LogP contribution in [0.25, 0.3) is 0 Å². The van der Waals surface area contributed by atoms with E-state index < -0.39 is 0 Å². The predicted molar refractivity (Wildman–Crippen MR) is 126 cm³/mol. The third kappa shape index (κ3) is 6.43. The van der Waals surface area contributed by atoms with Gasteiger partial charge in [0.2, 0.25) is 5.95 Å². The molecule has 0 saturated carbocycles. The minimum Gasteiger partial charge on any atom is -0.492 e. The molecule has 0 amide bonds. The van der Waals surface area contributed by atoms with Crippen LogP contribution < -0.4 is 15.4 Å². The molecule has 0 unspecified atom stereocenters. The van der Waals surface area contributed by atoms with E-state index in [2.05, 4.69) is 37.6 Å². The van der Waals surface area contributed by atoms with Gasteiger partial charge in [0.1, 0.15) is 18.2 Å². The van der Waals surface area contributed by atoms with E-state index in [-0.39, 0.29) is 0 Å². The van der Waals surface area contributed by atoms with Crippen molar-refractivity contribution in [3.8, 4) is 5.75 Å². The van der Waals surface area contributed by atoms with Crippen molar-refractivity contribution in [3.05, 3.63) is 71.9 Å². The Labute approximate surface area is 184 Å². The second kappa shape index (κ2) is 10.8. The molecule has 1 saturated heterocycles. The Morgan fingerprint density at radius 1 is 0.968 bits per heavy atom. The van der Waals surface area contributed by atoms with Crippen LogP contribution in [-0.4, -0.2) is 41.1 Å². The third-order valence-corrected chi connectivity index (χ3v) is 5.51. The quantitative estimate of drug-likeness (QED) is 0.511. The molecule has 1 aliphatic heterocycles. The van der Waals surface area contributed by atoms with Crippen LogP contribution in [0.1, 0.15) is 30.4 Å². The first kappa shape index (κ1) is 21.1. The van der Waals surface area contributed by atoms with E-state index in [1.807, 2.05) is 55.6 Å². The molecule has 6 heteroatoms. The number of likely N-dealkylation sites (tertiary alicyclic amines) is 1. The lowest BCUT2D eigenvalue weighted by Gasteiger charge is -2.26. The van der Waals surface area contributed by atoms with Gasteiger partial charge in [-0.25, -0.2) is 4.98 Å². The molecule has 0 atom stereocenters. The first-order chi connectivity index (χ1) is 15.3. The molecular formula is C25H31N5O. The number of anilines is 3. The van der Waals surface area contributed by atoms with E-state index in [1.165, 1.54) is 37.9 Å². The van der Waals surface area contributed by atoms with E-state index in [1.54, 1.807) is 0 Å². The molecule has 0 aliphatic carbocycles. The van der Waals surface area contributed by atoms with E-state index in [0.29, 0.717) is 5.95 Å². The average molecular weight is 418 g/mol. The maximum Gasteiger partial charge on any atom is 0.229 e. The van der Waals surface area contributed by atoms with Gasteiger partial charge in [0.15, 0.2) is 0 Å². The number of ether oxygens (including phenoxy) is 1. The van der Waals surface area contributed by atoms with E-state index >= 15 is 0 Å². The Bertz CT molecular complexity index is 940. The molecule has 6 nitrogen and oxygen atoms in total. The molecule has 2 aromatic carbocycles. The number of nitrogens with one attached hydrogen (secondary N) is 2. The number of piperidine rings is 1. The van der Waals surface area contributed by atoms with Gasteiger partial charge in [0.25, 0.3) is 0 Å². The lowest BCUT2D eigenvalue weighted by atomic mass is 10.1. The third-order valence-electron chi connectivity index (χ3n) is 5.51. The van der Waals surface area contributed by atoms with Crippen molar-refractivity contribution in [2.75, 3.05) is 36.9 Å². The predicted octanol–water partition coefficient (Wildman–Crippen LogP) is 5.01. The van der Waals surface area contributed by atoms with Gasteiger partial charge in [0, 0.05) is 30.5 Å². The molecule has 3 aromatic rings. The first-order valence-electron chi connectivity index (χ1n) is 11.1. The van der Waals surface area contributed by atoms with Crippen LogP contribution in [0.15, 0.2) is 60.8 Å². The van der Waals surface area contributed by atoms with Gasteiger partial charge in [-0.15, -0.1) is 0 Å². The number of hydrogen-bond donors (Lipinski definition) is 2. The lowest BCUT2D eigenvalue weighted by molar-refractivity contribution is 0.183.